The van der Waals surface area contributed by atoms with Gasteiger partial charge in [-0.3, -0.25) is 19.3 Å². The predicted octanol–water partition coefficient (Wildman–Crippen LogP) is 5.12. The van der Waals surface area contributed by atoms with Gasteiger partial charge in [0.25, 0.3) is 17.7 Å². The van der Waals surface area contributed by atoms with Gasteiger partial charge in [0.05, 0.1) is 26.2 Å². The Morgan fingerprint density at radius 3 is 2.41 bits per heavy atom. The van der Waals surface area contributed by atoms with E-state index >= 15 is 0 Å². The highest BCUT2D eigenvalue weighted by Crippen LogP contribution is 2.37. The Bertz CT molecular complexity index is 1460. The minimum absolute atomic E-state index is 0.00175. The molecule has 2 aromatic heterocycles. The number of anilines is 2. The second-order valence-electron chi connectivity index (χ2n) is 7.89. The molecule has 1 aliphatic rings. The molecule has 186 valence electrons. The minimum atomic E-state index is -0.470. The number of nitrogens with zero attached hydrogens (tertiary/aromatic N) is 1. The number of rotatable bonds is 9. The molecule has 2 aromatic carbocycles. The van der Waals surface area contributed by atoms with Gasteiger partial charge in [0, 0.05) is 16.3 Å². The Morgan fingerprint density at radius 2 is 1.70 bits per heavy atom. The van der Waals surface area contributed by atoms with Crippen LogP contribution in [0.25, 0.3) is 0 Å². The van der Waals surface area contributed by atoms with E-state index in [1.54, 1.807) is 79.9 Å². The molecule has 10 heteroatoms. The molecule has 0 radical (unpaired) electrons. The summed E-state index contributed by atoms with van der Waals surface area (Å²) in [6.07, 6.45) is 2.91. The molecular weight excluding hydrogens is 494 g/mol. The average molecular weight is 516 g/mol. The number of methoxy groups -OCH3 is 1. The van der Waals surface area contributed by atoms with Crippen molar-refractivity contribution in [2.24, 2.45) is 0 Å². The van der Waals surface area contributed by atoms with Gasteiger partial charge in [0.2, 0.25) is 0 Å². The van der Waals surface area contributed by atoms with Crippen LogP contribution in [0.1, 0.15) is 16.3 Å². The monoisotopic (exact) mass is 515 g/mol. The van der Waals surface area contributed by atoms with Crippen molar-refractivity contribution in [3.63, 3.8) is 0 Å². The molecule has 2 N–H and O–H groups in total. The van der Waals surface area contributed by atoms with Gasteiger partial charge < -0.3 is 24.2 Å². The van der Waals surface area contributed by atoms with Gasteiger partial charge in [-0.15, -0.1) is 0 Å². The van der Waals surface area contributed by atoms with Crippen molar-refractivity contribution in [3.05, 3.63) is 107 Å². The van der Waals surface area contributed by atoms with Gasteiger partial charge in [0.1, 0.15) is 22.1 Å². The molecule has 4 aromatic rings. The van der Waals surface area contributed by atoms with Crippen molar-refractivity contribution in [1.82, 2.24) is 4.90 Å². The quantitative estimate of drug-likeness (QED) is 0.295. The van der Waals surface area contributed by atoms with Crippen LogP contribution in [0.15, 0.2) is 110 Å². The summed E-state index contributed by atoms with van der Waals surface area (Å²) >= 11 is 1.13. The molecule has 37 heavy (non-hydrogen) atoms. The van der Waals surface area contributed by atoms with Crippen molar-refractivity contribution in [2.45, 2.75) is 11.4 Å². The van der Waals surface area contributed by atoms with E-state index in [0.717, 1.165) is 16.7 Å². The summed E-state index contributed by atoms with van der Waals surface area (Å²) in [6, 6.07) is 20.6. The summed E-state index contributed by atoms with van der Waals surface area (Å²) in [5.74, 6) is 0.00599. The van der Waals surface area contributed by atoms with Crippen molar-refractivity contribution in [1.29, 1.82) is 0 Å². The fraction of sp³-hybridized carbons (Fsp3) is 0.0741. The number of nitrogens with one attached hydrogen (secondary N) is 2. The topological polar surface area (TPSA) is 114 Å². The van der Waals surface area contributed by atoms with Gasteiger partial charge in [0.15, 0.2) is 5.76 Å². The van der Waals surface area contributed by atoms with Crippen LogP contribution in [0.5, 0.6) is 5.75 Å². The van der Waals surface area contributed by atoms with Crippen molar-refractivity contribution in [2.75, 3.05) is 17.7 Å². The summed E-state index contributed by atoms with van der Waals surface area (Å²) in [7, 11) is 1.57. The molecule has 0 aliphatic carbocycles. The minimum Gasteiger partial charge on any atom is -0.497 e. The van der Waals surface area contributed by atoms with Gasteiger partial charge in [-0.1, -0.05) is 17.8 Å². The number of imide groups is 1. The first-order valence-corrected chi connectivity index (χ1v) is 12.0. The van der Waals surface area contributed by atoms with Gasteiger partial charge in [-0.25, -0.2) is 0 Å². The van der Waals surface area contributed by atoms with Crippen LogP contribution in [-0.4, -0.2) is 29.7 Å². The lowest BCUT2D eigenvalue weighted by Gasteiger charge is -2.13. The molecular formula is C27H21N3O6S. The Labute approximate surface area is 216 Å². The maximum Gasteiger partial charge on any atom is 0.291 e. The SMILES string of the molecule is COc1ccc(NC2=C(Sc3cccc(NC(=O)c4ccco4)c3)C(=O)N(Cc3ccco3)C2=O)cc1. The summed E-state index contributed by atoms with van der Waals surface area (Å²) in [4.78, 5) is 41.1. The normalized spacial score (nSPS) is 13.3. The standard InChI is InChI=1S/C27H21N3O6S/c1-34-19-11-9-17(10-12-19)28-23-24(27(33)30(26(23)32)16-20-6-3-13-35-20)37-21-7-2-5-18(15-21)29-25(31)22-8-4-14-36-22/h2-15,28H,16H2,1H3,(H,29,31). The van der Waals surface area contributed by atoms with Crippen LogP contribution in [0, 0.1) is 0 Å². The molecule has 0 fully saturated rings. The van der Waals surface area contributed by atoms with E-state index in [9.17, 15) is 14.4 Å². The predicted molar refractivity (Wildman–Crippen MR) is 137 cm³/mol. The number of carbonyl (C=O) groups excluding carboxylic acids is 3. The van der Waals surface area contributed by atoms with Crippen molar-refractivity contribution < 1.29 is 28.0 Å². The number of thioether (sulfide) groups is 1. The maximum absolute atomic E-state index is 13.4. The summed E-state index contributed by atoms with van der Waals surface area (Å²) in [5.41, 5.74) is 1.28. The van der Waals surface area contributed by atoms with Crippen LogP contribution in [-0.2, 0) is 16.1 Å². The molecule has 0 bridgehead atoms. The molecule has 9 nitrogen and oxygen atoms in total. The lowest BCUT2D eigenvalue weighted by atomic mass is 10.3. The third kappa shape index (κ3) is 5.29. The van der Waals surface area contributed by atoms with E-state index in [1.165, 1.54) is 12.5 Å². The maximum atomic E-state index is 13.4. The van der Waals surface area contributed by atoms with E-state index in [0.29, 0.717) is 27.8 Å². The van der Waals surface area contributed by atoms with Crippen molar-refractivity contribution >= 4 is 40.9 Å². The molecule has 0 unspecified atom stereocenters. The first-order valence-electron chi connectivity index (χ1n) is 11.2. The molecule has 0 atom stereocenters. The Morgan fingerprint density at radius 1 is 0.919 bits per heavy atom. The zero-order chi connectivity index (χ0) is 25.8. The summed E-state index contributed by atoms with van der Waals surface area (Å²) in [6.45, 7) is 0.00175. The highest BCUT2D eigenvalue weighted by Gasteiger charge is 2.39. The number of ether oxygens (including phenoxy) is 1. The number of furan rings is 2. The number of hydrogen-bond acceptors (Lipinski definition) is 8. The van der Waals surface area contributed by atoms with Crippen molar-refractivity contribution in [3.8, 4) is 5.75 Å². The fourth-order valence-corrected chi connectivity index (χ4v) is 4.64. The molecule has 3 amide bonds. The highest BCUT2D eigenvalue weighted by molar-refractivity contribution is 8.04. The number of hydrogen-bond donors (Lipinski definition) is 2. The molecule has 0 spiro atoms. The third-order valence-corrected chi connectivity index (χ3v) is 6.51. The van der Waals surface area contributed by atoms with Crippen LogP contribution in [0.3, 0.4) is 0 Å². The Hall–Kier alpha value is -4.70. The van der Waals surface area contributed by atoms with E-state index in [1.807, 2.05) is 0 Å². The van der Waals surface area contributed by atoms with E-state index in [2.05, 4.69) is 10.6 Å². The highest BCUT2D eigenvalue weighted by atomic mass is 32.2. The lowest BCUT2D eigenvalue weighted by Crippen LogP contribution is -2.31. The smallest absolute Gasteiger partial charge is 0.291 e. The average Bonchev–Trinajstić information content (AvgIpc) is 3.67. The van der Waals surface area contributed by atoms with Crippen LogP contribution in [0.2, 0.25) is 0 Å². The number of benzene rings is 2. The third-order valence-electron chi connectivity index (χ3n) is 5.44. The first kappa shape index (κ1) is 24.0. The molecule has 1 aliphatic heterocycles. The van der Waals surface area contributed by atoms with Gasteiger partial charge in [-0.05, 0) is 66.7 Å². The molecule has 0 saturated heterocycles. The van der Waals surface area contributed by atoms with E-state index in [-0.39, 0.29) is 22.9 Å². The van der Waals surface area contributed by atoms with Crippen LogP contribution in [0.4, 0.5) is 11.4 Å². The largest absolute Gasteiger partial charge is 0.497 e. The van der Waals surface area contributed by atoms with Gasteiger partial charge >= 0.3 is 0 Å². The molecule has 5 rings (SSSR count). The number of amides is 3. The molecule has 0 saturated carbocycles. The van der Waals surface area contributed by atoms with Crippen LogP contribution < -0.4 is 15.4 Å². The fourth-order valence-electron chi connectivity index (χ4n) is 3.64. The Kier molecular flexibility index (Phi) is 6.82. The zero-order valence-electron chi connectivity index (χ0n) is 19.6. The first-order chi connectivity index (χ1) is 18.0. The second kappa shape index (κ2) is 10.5. The van der Waals surface area contributed by atoms with Gasteiger partial charge in [-0.2, -0.15) is 0 Å². The second-order valence-corrected chi connectivity index (χ2v) is 8.98. The lowest BCUT2D eigenvalue weighted by molar-refractivity contribution is -0.138. The van der Waals surface area contributed by atoms with Crippen LogP contribution >= 0.6 is 11.8 Å². The number of carbonyl (C=O) groups is 3. The summed E-state index contributed by atoms with van der Waals surface area (Å²) < 4.78 is 15.7. The Balaban J connectivity index is 1.42. The van der Waals surface area contributed by atoms with E-state index < -0.39 is 17.7 Å². The van der Waals surface area contributed by atoms with E-state index in [4.69, 9.17) is 13.6 Å². The summed E-state index contributed by atoms with van der Waals surface area (Å²) in [5, 5.41) is 5.86. The molecule has 3 heterocycles. The zero-order valence-corrected chi connectivity index (χ0v) is 20.4.